The average molecular weight is 492 g/mol. The summed E-state index contributed by atoms with van der Waals surface area (Å²) in [5.41, 5.74) is 5.43. The van der Waals surface area contributed by atoms with Crippen LogP contribution in [0.4, 0.5) is 16.0 Å². The molecule has 1 aromatic rings. The molecule has 4 rings (SSSR count). The van der Waals surface area contributed by atoms with E-state index in [-0.39, 0.29) is 30.0 Å². The Morgan fingerprint density at radius 3 is 2.60 bits per heavy atom. The van der Waals surface area contributed by atoms with Gasteiger partial charge in [0.05, 0.1) is 12.5 Å². The molecule has 35 heavy (non-hydrogen) atoms. The fourth-order valence-corrected chi connectivity index (χ4v) is 5.81. The minimum atomic E-state index is -0.620. The third-order valence-electron chi connectivity index (χ3n) is 7.91. The Morgan fingerprint density at radius 2 is 2.03 bits per heavy atom. The molecule has 3 N–H and O–H groups in total. The van der Waals surface area contributed by atoms with Gasteiger partial charge in [0.25, 0.3) is 0 Å². The number of hydrogen-bond acceptors (Lipinski definition) is 8. The number of likely N-dealkylation sites (N-methyl/N-ethyl adjacent to an activating group) is 1. The molecule has 194 valence electrons. The van der Waals surface area contributed by atoms with Crippen molar-refractivity contribution in [1.29, 1.82) is 0 Å². The van der Waals surface area contributed by atoms with Gasteiger partial charge >= 0.3 is 0 Å². The van der Waals surface area contributed by atoms with E-state index < -0.39 is 17.6 Å². The van der Waals surface area contributed by atoms with E-state index in [1.165, 1.54) is 0 Å². The monoisotopic (exact) mass is 491 g/mol. The zero-order chi connectivity index (χ0) is 25.2. The smallest absolute Gasteiger partial charge is 0.243 e. The molecule has 11 heteroatoms. The zero-order valence-electron chi connectivity index (χ0n) is 21.0. The number of halogens is 1. The van der Waals surface area contributed by atoms with E-state index in [1.54, 1.807) is 0 Å². The van der Waals surface area contributed by atoms with Crippen molar-refractivity contribution in [2.24, 2.45) is 17.3 Å². The number of hydrogen-bond donors (Lipinski definition) is 3. The first-order chi connectivity index (χ1) is 16.8. The van der Waals surface area contributed by atoms with E-state index in [9.17, 15) is 14.8 Å². The minimum Gasteiger partial charge on any atom is -0.352 e. The number of carbonyl (C=O) groups excluding carboxylic acids is 2. The Kier molecular flexibility index (Phi) is 7.75. The van der Waals surface area contributed by atoms with Crippen LogP contribution in [0.2, 0.25) is 0 Å². The Morgan fingerprint density at radius 1 is 1.31 bits per heavy atom. The molecule has 1 spiro atoms. The van der Waals surface area contributed by atoms with Gasteiger partial charge in [0.2, 0.25) is 18.1 Å². The van der Waals surface area contributed by atoms with Crippen LogP contribution in [0.1, 0.15) is 57.7 Å². The maximum atomic E-state index is 15.6. The van der Waals surface area contributed by atoms with Crippen LogP contribution in [0.15, 0.2) is 0 Å². The topological polar surface area (TPSA) is 114 Å². The number of anilines is 2. The highest BCUT2D eigenvalue weighted by Gasteiger charge is 2.56. The van der Waals surface area contributed by atoms with Crippen LogP contribution in [-0.4, -0.2) is 77.2 Å². The molecule has 1 aromatic heterocycles. The lowest BCUT2D eigenvalue weighted by Gasteiger charge is -2.24. The van der Waals surface area contributed by atoms with Crippen molar-refractivity contribution in [2.75, 3.05) is 44.1 Å². The van der Waals surface area contributed by atoms with Gasteiger partial charge in [-0.05, 0) is 39.3 Å². The molecule has 2 atom stereocenters. The number of nitrogens with zero attached hydrogens (tertiary/aromatic N) is 5. The van der Waals surface area contributed by atoms with Gasteiger partial charge in [0.1, 0.15) is 5.82 Å². The lowest BCUT2D eigenvalue weighted by molar-refractivity contribution is -0.154. The van der Waals surface area contributed by atoms with Gasteiger partial charge < -0.3 is 9.80 Å². The SMILES string of the molecule is CCc1nc(NNC(=O)[C@H](CC2CCCC2)CN(O)C=O)c(F)c(N2CC(N(C)C)C3(CC3)C2)n1. The Hall–Kier alpha value is -2.53. The third-order valence-corrected chi connectivity index (χ3v) is 7.91. The predicted molar refractivity (Wildman–Crippen MR) is 129 cm³/mol. The summed E-state index contributed by atoms with van der Waals surface area (Å²) in [7, 11) is 4.12. The van der Waals surface area contributed by atoms with E-state index in [0.29, 0.717) is 42.2 Å². The number of aryl methyl sites for hydroxylation is 1. The molecule has 10 nitrogen and oxygen atoms in total. The highest BCUT2D eigenvalue weighted by molar-refractivity contribution is 5.80. The number of carbonyl (C=O) groups is 2. The van der Waals surface area contributed by atoms with Crippen LogP contribution in [0.3, 0.4) is 0 Å². The Bertz CT molecular complexity index is 921. The van der Waals surface area contributed by atoms with Gasteiger partial charge in [-0.25, -0.2) is 15.0 Å². The highest BCUT2D eigenvalue weighted by Crippen LogP contribution is 2.54. The number of hydroxylamine groups is 2. The first kappa shape index (κ1) is 25.6. The van der Waals surface area contributed by atoms with Gasteiger partial charge in [-0.15, -0.1) is 0 Å². The second-order valence-electron chi connectivity index (χ2n) is 10.6. The van der Waals surface area contributed by atoms with Gasteiger partial charge in [-0.2, -0.15) is 4.39 Å². The van der Waals surface area contributed by atoms with Gasteiger partial charge in [0.15, 0.2) is 11.6 Å². The van der Waals surface area contributed by atoms with Crippen molar-refractivity contribution in [3.05, 3.63) is 11.6 Å². The molecule has 2 heterocycles. The summed E-state index contributed by atoms with van der Waals surface area (Å²) in [6.07, 6.45) is 7.92. The van der Waals surface area contributed by atoms with E-state index in [0.717, 1.165) is 45.1 Å². The predicted octanol–water partition coefficient (Wildman–Crippen LogP) is 2.20. The first-order valence-corrected chi connectivity index (χ1v) is 12.7. The maximum Gasteiger partial charge on any atom is 0.243 e. The molecule has 2 amide bonds. The first-order valence-electron chi connectivity index (χ1n) is 12.7. The normalized spacial score (nSPS) is 22.0. The van der Waals surface area contributed by atoms with Crippen LogP contribution in [-0.2, 0) is 16.0 Å². The van der Waals surface area contributed by atoms with Gasteiger partial charge in [0, 0.05) is 31.0 Å². The number of aromatic nitrogens is 2. The molecule has 3 aliphatic rings. The van der Waals surface area contributed by atoms with E-state index in [1.807, 2.05) is 11.8 Å². The molecule has 2 saturated carbocycles. The molecule has 1 aliphatic heterocycles. The second kappa shape index (κ2) is 10.6. The number of amides is 2. The molecule has 0 bridgehead atoms. The van der Waals surface area contributed by atoms with Crippen LogP contribution < -0.4 is 15.8 Å². The molecule has 3 fully saturated rings. The van der Waals surface area contributed by atoms with Crippen LogP contribution in [0.25, 0.3) is 0 Å². The summed E-state index contributed by atoms with van der Waals surface area (Å²) in [4.78, 5) is 36.9. The quantitative estimate of drug-likeness (QED) is 0.245. The Labute approximate surface area is 206 Å². The molecule has 1 unspecified atom stereocenters. The zero-order valence-corrected chi connectivity index (χ0v) is 21.0. The van der Waals surface area contributed by atoms with Crippen molar-refractivity contribution in [3.8, 4) is 0 Å². The lowest BCUT2D eigenvalue weighted by Crippen LogP contribution is -2.41. The summed E-state index contributed by atoms with van der Waals surface area (Å²) in [5, 5.41) is 10.2. The maximum absolute atomic E-state index is 15.6. The van der Waals surface area contributed by atoms with E-state index >= 15 is 4.39 Å². The lowest BCUT2D eigenvalue weighted by atomic mass is 9.92. The summed E-state index contributed by atoms with van der Waals surface area (Å²) in [5.74, 6) is -0.591. The number of nitrogens with one attached hydrogen (secondary N) is 2. The average Bonchev–Trinajstić information content (AvgIpc) is 3.24. The van der Waals surface area contributed by atoms with E-state index in [2.05, 4.69) is 39.8 Å². The highest BCUT2D eigenvalue weighted by atomic mass is 19.1. The van der Waals surface area contributed by atoms with Crippen molar-refractivity contribution in [3.63, 3.8) is 0 Å². The Balaban J connectivity index is 1.48. The van der Waals surface area contributed by atoms with Crippen LogP contribution in [0.5, 0.6) is 0 Å². The molecule has 0 aromatic carbocycles. The standard InChI is InChI=1S/C24H38FN7O3/c1-4-19-26-21(20(25)22(27-19)31-13-18(30(2)3)24(14-31)9-10-24)28-29-23(34)17(12-32(35)15-33)11-16-7-5-6-8-16/h15-18,35H,4-14H2,1-3H3,(H,29,34)(H,26,27,28)/t17-,18?/m1/s1. The third kappa shape index (κ3) is 5.66. The fourth-order valence-electron chi connectivity index (χ4n) is 5.81. The summed E-state index contributed by atoms with van der Waals surface area (Å²) < 4.78 is 15.6. The van der Waals surface area contributed by atoms with Gasteiger partial charge in [-0.1, -0.05) is 32.6 Å². The fraction of sp³-hybridized carbons (Fsp3) is 0.750. The summed E-state index contributed by atoms with van der Waals surface area (Å²) in [6.45, 7) is 3.23. The molecule has 0 radical (unpaired) electrons. The summed E-state index contributed by atoms with van der Waals surface area (Å²) >= 11 is 0. The molecular weight excluding hydrogens is 453 g/mol. The molecule has 2 aliphatic carbocycles. The van der Waals surface area contributed by atoms with Crippen LogP contribution in [0, 0.1) is 23.1 Å². The van der Waals surface area contributed by atoms with Crippen molar-refractivity contribution >= 4 is 24.0 Å². The van der Waals surface area contributed by atoms with Crippen molar-refractivity contribution in [2.45, 2.75) is 64.3 Å². The minimum absolute atomic E-state index is 0.0748. The molecular formula is C24H38FN7O3. The van der Waals surface area contributed by atoms with Crippen molar-refractivity contribution < 1.29 is 19.2 Å². The number of rotatable bonds is 11. The number of hydrazine groups is 1. The second-order valence-corrected chi connectivity index (χ2v) is 10.6. The van der Waals surface area contributed by atoms with E-state index in [4.69, 9.17) is 0 Å². The van der Waals surface area contributed by atoms with Crippen LogP contribution >= 0.6 is 0 Å². The molecule has 1 saturated heterocycles. The van der Waals surface area contributed by atoms with Crippen molar-refractivity contribution in [1.82, 2.24) is 25.4 Å². The largest absolute Gasteiger partial charge is 0.352 e. The van der Waals surface area contributed by atoms with Gasteiger partial charge in [-0.3, -0.25) is 25.6 Å². The summed E-state index contributed by atoms with van der Waals surface area (Å²) in [6, 6.07) is 0.341.